The van der Waals surface area contributed by atoms with Crippen LogP contribution in [0.2, 0.25) is 0 Å². The maximum Gasteiger partial charge on any atom is 0.419 e. The molecule has 2 rings (SSSR count). The van der Waals surface area contributed by atoms with E-state index in [0.717, 1.165) is 38.1 Å². The smallest absolute Gasteiger partial charge is 0.371 e. The first-order valence-corrected chi connectivity index (χ1v) is 7.24. The summed E-state index contributed by atoms with van der Waals surface area (Å²) in [5.41, 5.74) is -0.741. The molecule has 0 saturated carbocycles. The van der Waals surface area contributed by atoms with Crippen LogP contribution in [0.5, 0.6) is 0 Å². The molecule has 1 saturated heterocycles. The molecule has 0 bridgehead atoms. The van der Waals surface area contributed by atoms with Crippen molar-refractivity contribution in [2.45, 2.75) is 25.9 Å². The van der Waals surface area contributed by atoms with Gasteiger partial charge in [0.05, 0.1) is 5.56 Å². The number of hydrogen-bond acceptors (Lipinski definition) is 2. The van der Waals surface area contributed by atoms with Gasteiger partial charge in [-0.15, -0.1) is 0 Å². The Labute approximate surface area is 122 Å². The van der Waals surface area contributed by atoms with Crippen LogP contribution >= 0.6 is 0 Å². The third-order valence-corrected chi connectivity index (χ3v) is 3.77. The van der Waals surface area contributed by atoms with Crippen molar-refractivity contribution in [1.82, 2.24) is 5.32 Å². The minimum Gasteiger partial charge on any atom is -0.371 e. The molecule has 118 valence electrons. The molecule has 1 fully saturated rings. The van der Waals surface area contributed by atoms with Crippen molar-refractivity contribution in [1.29, 1.82) is 0 Å². The molecule has 1 N–H and O–H groups in total. The van der Waals surface area contributed by atoms with Gasteiger partial charge in [-0.25, -0.2) is 4.39 Å². The first kappa shape index (κ1) is 16.1. The molecule has 0 radical (unpaired) electrons. The highest BCUT2D eigenvalue weighted by atomic mass is 19.4. The first-order valence-electron chi connectivity index (χ1n) is 7.24. The Morgan fingerprint density at radius 2 is 2.10 bits per heavy atom. The van der Waals surface area contributed by atoms with Gasteiger partial charge in [0, 0.05) is 18.8 Å². The van der Waals surface area contributed by atoms with Gasteiger partial charge in [0.25, 0.3) is 0 Å². The van der Waals surface area contributed by atoms with Crippen LogP contribution in [0.15, 0.2) is 18.2 Å². The summed E-state index contributed by atoms with van der Waals surface area (Å²) in [5, 5.41) is 3.33. The number of benzene rings is 1. The quantitative estimate of drug-likeness (QED) is 0.659. The van der Waals surface area contributed by atoms with Crippen LogP contribution in [0.4, 0.5) is 23.2 Å². The fraction of sp³-hybridized carbons (Fsp3) is 0.600. The lowest BCUT2D eigenvalue weighted by molar-refractivity contribution is -0.139. The number of nitrogens with zero attached hydrogens (tertiary/aromatic N) is 1. The second-order valence-electron chi connectivity index (χ2n) is 5.47. The normalized spacial score (nSPS) is 19.3. The van der Waals surface area contributed by atoms with Gasteiger partial charge in [0.2, 0.25) is 0 Å². The molecule has 1 unspecified atom stereocenters. The van der Waals surface area contributed by atoms with Gasteiger partial charge >= 0.3 is 6.18 Å². The van der Waals surface area contributed by atoms with E-state index in [4.69, 9.17) is 0 Å². The van der Waals surface area contributed by atoms with Gasteiger partial charge in [-0.1, -0.05) is 6.92 Å². The average Bonchev–Trinajstić information content (AvgIpc) is 2.87. The minimum atomic E-state index is -4.65. The fourth-order valence-corrected chi connectivity index (χ4v) is 2.64. The van der Waals surface area contributed by atoms with E-state index in [2.05, 4.69) is 12.2 Å². The van der Waals surface area contributed by atoms with Crippen LogP contribution in [0.3, 0.4) is 0 Å². The minimum absolute atomic E-state index is 0.427. The van der Waals surface area contributed by atoms with Crippen LogP contribution in [0.25, 0.3) is 0 Å². The van der Waals surface area contributed by atoms with Crippen molar-refractivity contribution in [3.05, 3.63) is 29.6 Å². The monoisotopic (exact) mass is 304 g/mol. The van der Waals surface area contributed by atoms with E-state index >= 15 is 0 Å². The van der Waals surface area contributed by atoms with Crippen molar-refractivity contribution in [2.75, 3.05) is 31.1 Å². The Hall–Kier alpha value is -1.30. The van der Waals surface area contributed by atoms with Crippen LogP contribution in [-0.2, 0) is 6.18 Å². The molecule has 0 amide bonds. The SMILES string of the molecule is CCCNCC1CCN(c2ccc(F)c(C(F)(F)F)c2)C1. The number of nitrogens with one attached hydrogen (secondary N) is 1. The van der Waals surface area contributed by atoms with Crippen LogP contribution in [0.1, 0.15) is 25.3 Å². The van der Waals surface area contributed by atoms with Gasteiger partial charge in [0.15, 0.2) is 0 Å². The number of alkyl halides is 3. The largest absolute Gasteiger partial charge is 0.419 e. The second kappa shape index (κ2) is 6.64. The summed E-state index contributed by atoms with van der Waals surface area (Å²) < 4.78 is 51.5. The van der Waals surface area contributed by atoms with Crippen molar-refractivity contribution < 1.29 is 17.6 Å². The topological polar surface area (TPSA) is 15.3 Å². The highest BCUT2D eigenvalue weighted by Crippen LogP contribution is 2.35. The lowest BCUT2D eigenvalue weighted by Crippen LogP contribution is -2.27. The number of hydrogen-bond donors (Lipinski definition) is 1. The van der Waals surface area contributed by atoms with E-state index in [1.807, 2.05) is 4.90 Å². The van der Waals surface area contributed by atoms with E-state index < -0.39 is 17.6 Å². The molecule has 1 atom stereocenters. The van der Waals surface area contributed by atoms with Gasteiger partial charge < -0.3 is 10.2 Å². The van der Waals surface area contributed by atoms with Crippen molar-refractivity contribution in [3.63, 3.8) is 0 Å². The number of halogens is 4. The third-order valence-electron chi connectivity index (χ3n) is 3.77. The fourth-order valence-electron chi connectivity index (χ4n) is 2.64. The highest BCUT2D eigenvalue weighted by Gasteiger charge is 2.35. The van der Waals surface area contributed by atoms with Gasteiger partial charge in [-0.3, -0.25) is 0 Å². The molecule has 21 heavy (non-hydrogen) atoms. The Bertz CT molecular complexity index is 473. The van der Waals surface area contributed by atoms with E-state index in [1.54, 1.807) is 0 Å². The summed E-state index contributed by atoms with van der Waals surface area (Å²) >= 11 is 0. The molecule has 2 nitrogen and oxygen atoms in total. The molecule has 0 aromatic heterocycles. The van der Waals surface area contributed by atoms with Crippen LogP contribution in [-0.4, -0.2) is 26.2 Å². The van der Waals surface area contributed by atoms with E-state index in [1.165, 1.54) is 6.07 Å². The summed E-state index contributed by atoms with van der Waals surface area (Å²) in [6, 6.07) is 3.24. The van der Waals surface area contributed by atoms with Crippen molar-refractivity contribution in [2.24, 2.45) is 5.92 Å². The summed E-state index contributed by atoms with van der Waals surface area (Å²) in [5.74, 6) is -0.789. The molecule has 1 aliphatic rings. The molecule has 1 aromatic carbocycles. The summed E-state index contributed by atoms with van der Waals surface area (Å²) in [4.78, 5) is 1.90. The van der Waals surface area contributed by atoms with Crippen LogP contribution in [0, 0.1) is 11.7 Å². The predicted octanol–water partition coefficient (Wildman–Crippen LogP) is 3.67. The molecular weight excluding hydrogens is 284 g/mol. The zero-order valence-electron chi connectivity index (χ0n) is 12.0. The Kier molecular flexibility index (Phi) is 5.08. The maximum atomic E-state index is 13.3. The highest BCUT2D eigenvalue weighted by molar-refractivity contribution is 5.50. The standard InChI is InChI=1S/C15H20F4N2/c1-2-6-20-9-11-5-7-21(10-11)12-3-4-14(16)13(8-12)15(17,18)19/h3-4,8,11,20H,2,5-7,9-10H2,1H3. The van der Waals surface area contributed by atoms with E-state index in [9.17, 15) is 17.6 Å². The Balaban J connectivity index is 2.03. The molecule has 1 aliphatic heterocycles. The number of anilines is 1. The first-order chi connectivity index (χ1) is 9.91. The van der Waals surface area contributed by atoms with Gasteiger partial charge in [-0.2, -0.15) is 13.2 Å². The Morgan fingerprint density at radius 3 is 2.76 bits per heavy atom. The zero-order valence-corrected chi connectivity index (χ0v) is 12.0. The van der Waals surface area contributed by atoms with Crippen LogP contribution < -0.4 is 10.2 Å². The molecule has 6 heteroatoms. The van der Waals surface area contributed by atoms with Crippen molar-refractivity contribution >= 4 is 5.69 Å². The lowest BCUT2D eigenvalue weighted by Gasteiger charge is -2.20. The third kappa shape index (κ3) is 4.09. The molecule has 1 heterocycles. The van der Waals surface area contributed by atoms with E-state index in [-0.39, 0.29) is 0 Å². The zero-order chi connectivity index (χ0) is 15.5. The molecule has 1 aromatic rings. The maximum absolute atomic E-state index is 13.3. The number of rotatable bonds is 5. The van der Waals surface area contributed by atoms with Gasteiger partial charge in [0.1, 0.15) is 5.82 Å². The average molecular weight is 304 g/mol. The molecule has 0 aliphatic carbocycles. The second-order valence-corrected chi connectivity index (χ2v) is 5.47. The summed E-state index contributed by atoms with van der Waals surface area (Å²) in [6.45, 7) is 5.33. The van der Waals surface area contributed by atoms with E-state index in [0.29, 0.717) is 24.7 Å². The predicted molar refractivity (Wildman–Crippen MR) is 74.9 cm³/mol. The van der Waals surface area contributed by atoms with Crippen molar-refractivity contribution in [3.8, 4) is 0 Å². The summed E-state index contributed by atoms with van der Waals surface area (Å²) in [6.07, 6.45) is -2.65. The molecule has 0 spiro atoms. The molecular formula is C15H20F4N2. The summed E-state index contributed by atoms with van der Waals surface area (Å²) in [7, 11) is 0. The van der Waals surface area contributed by atoms with Gasteiger partial charge in [-0.05, 0) is 50.0 Å². The lowest BCUT2D eigenvalue weighted by atomic mass is 10.1. The Morgan fingerprint density at radius 1 is 1.33 bits per heavy atom.